The van der Waals surface area contributed by atoms with Crippen molar-refractivity contribution in [1.82, 2.24) is 24.6 Å². The zero-order valence-electron chi connectivity index (χ0n) is 19.9. The fourth-order valence-corrected chi connectivity index (χ4v) is 3.83. The predicted molar refractivity (Wildman–Crippen MR) is 127 cm³/mol. The van der Waals surface area contributed by atoms with Crippen LogP contribution in [0.5, 0.6) is 0 Å². The molecule has 2 aromatic heterocycles. The van der Waals surface area contributed by atoms with Crippen LogP contribution in [0, 0.1) is 0 Å². The second kappa shape index (κ2) is 11.2. The van der Waals surface area contributed by atoms with Gasteiger partial charge in [0.15, 0.2) is 11.9 Å². The molecule has 0 saturated carbocycles. The molecule has 0 radical (unpaired) electrons. The van der Waals surface area contributed by atoms with Crippen molar-refractivity contribution in [3.63, 3.8) is 0 Å². The first-order valence-corrected chi connectivity index (χ1v) is 11.7. The SMILES string of the molecule is O=C(Cn1nc(-c2ccc(Cl)cc2)n(C[C@H](O)C(F)(F)F)c1=O)NC(c1cccc(C(F)(F)F)c1)c1ncco1. The summed E-state index contributed by atoms with van der Waals surface area (Å²) >= 11 is 5.85. The molecular weight excluding hydrogens is 572 g/mol. The molecule has 4 rings (SSSR count). The Balaban J connectivity index is 1.66. The van der Waals surface area contributed by atoms with Crippen molar-refractivity contribution in [2.45, 2.75) is 37.6 Å². The number of amides is 1. The van der Waals surface area contributed by atoms with Crippen molar-refractivity contribution in [3.05, 3.63) is 93.5 Å². The Morgan fingerprint density at radius 1 is 1.10 bits per heavy atom. The predicted octanol–water partition coefficient (Wildman–Crippen LogP) is 4.20. The van der Waals surface area contributed by atoms with Crippen LogP contribution in [0.4, 0.5) is 26.3 Å². The van der Waals surface area contributed by atoms with Gasteiger partial charge in [-0.05, 0) is 42.0 Å². The highest BCUT2D eigenvalue weighted by atomic mass is 35.5. The smallest absolute Gasteiger partial charge is 0.416 e. The van der Waals surface area contributed by atoms with E-state index in [4.69, 9.17) is 16.0 Å². The number of carbonyl (C=O) groups excluding carboxylic acids is 1. The van der Waals surface area contributed by atoms with Crippen LogP contribution in [-0.4, -0.2) is 42.6 Å². The first-order valence-electron chi connectivity index (χ1n) is 11.3. The molecule has 2 aromatic carbocycles. The number of rotatable bonds is 8. The number of aliphatic hydroxyl groups excluding tert-OH is 1. The largest absolute Gasteiger partial charge is 0.446 e. The maximum atomic E-state index is 13.3. The van der Waals surface area contributed by atoms with Crippen molar-refractivity contribution in [3.8, 4) is 11.4 Å². The van der Waals surface area contributed by atoms with E-state index in [1.807, 2.05) is 0 Å². The lowest BCUT2D eigenvalue weighted by molar-refractivity contribution is -0.207. The molecule has 16 heteroatoms. The van der Waals surface area contributed by atoms with Gasteiger partial charge in [-0.25, -0.2) is 14.5 Å². The molecule has 9 nitrogen and oxygen atoms in total. The quantitative estimate of drug-likeness (QED) is 0.298. The van der Waals surface area contributed by atoms with Gasteiger partial charge in [0.1, 0.15) is 18.8 Å². The number of nitrogens with zero attached hydrogens (tertiary/aromatic N) is 4. The summed E-state index contributed by atoms with van der Waals surface area (Å²) in [4.78, 5) is 29.8. The molecule has 1 amide bonds. The highest BCUT2D eigenvalue weighted by molar-refractivity contribution is 6.30. The summed E-state index contributed by atoms with van der Waals surface area (Å²) in [7, 11) is 0. The molecular formula is C24H18ClF6N5O4. The fourth-order valence-electron chi connectivity index (χ4n) is 3.70. The Morgan fingerprint density at radius 2 is 1.80 bits per heavy atom. The molecule has 0 aliphatic heterocycles. The minimum atomic E-state index is -5.05. The highest BCUT2D eigenvalue weighted by Crippen LogP contribution is 2.32. The Hall–Kier alpha value is -4.11. The van der Waals surface area contributed by atoms with Gasteiger partial charge in [0.2, 0.25) is 11.8 Å². The molecule has 0 spiro atoms. The molecule has 40 heavy (non-hydrogen) atoms. The van der Waals surface area contributed by atoms with E-state index in [0.717, 1.165) is 24.5 Å². The monoisotopic (exact) mass is 589 g/mol. The van der Waals surface area contributed by atoms with E-state index in [9.17, 15) is 41.0 Å². The molecule has 2 heterocycles. The molecule has 0 aliphatic carbocycles. The standard InChI is InChI=1S/C24H18ClF6N5O4/c25-16-6-4-13(5-7-16)20-34-36(22(39)35(20)11-17(37)24(29,30)31)12-18(38)33-19(21-32-8-9-40-21)14-2-1-3-15(10-14)23(26,27)28/h1-10,17,19,37H,11-12H2,(H,33,38)/t17-,19?/m0/s1. The summed E-state index contributed by atoms with van der Waals surface area (Å²) in [6.07, 6.45) is -10.3. The first-order chi connectivity index (χ1) is 18.7. The van der Waals surface area contributed by atoms with Gasteiger partial charge in [-0.15, -0.1) is 5.10 Å². The van der Waals surface area contributed by atoms with Gasteiger partial charge < -0.3 is 14.8 Å². The molecule has 0 fully saturated rings. The molecule has 0 saturated heterocycles. The number of carbonyl (C=O) groups is 1. The van der Waals surface area contributed by atoms with Crippen molar-refractivity contribution < 1.29 is 40.7 Å². The van der Waals surface area contributed by atoms with Crippen LogP contribution in [0.25, 0.3) is 11.4 Å². The van der Waals surface area contributed by atoms with Crippen LogP contribution >= 0.6 is 11.6 Å². The molecule has 2 atom stereocenters. The normalized spacial score (nSPS) is 13.7. The zero-order valence-corrected chi connectivity index (χ0v) is 20.7. The van der Waals surface area contributed by atoms with Crippen molar-refractivity contribution in [2.24, 2.45) is 0 Å². The summed E-state index contributed by atoms with van der Waals surface area (Å²) in [5, 5.41) is 16.3. The summed E-state index contributed by atoms with van der Waals surface area (Å²) in [6, 6.07) is 8.25. The number of halogens is 7. The minimum absolute atomic E-state index is 0.0429. The summed E-state index contributed by atoms with van der Waals surface area (Å²) in [6.45, 7) is -2.06. The van der Waals surface area contributed by atoms with Gasteiger partial charge in [0.05, 0.1) is 18.3 Å². The Kier molecular flexibility index (Phi) is 8.07. The maximum Gasteiger partial charge on any atom is 0.416 e. The van der Waals surface area contributed by atoms with E-state index in [1.165, 1.54) is 36.5 Å². The topological polar surface area (TPSA) is 115 Å². The molecule has 1 unspecified atom stereocenters. The third-order valence-corrected chi connectivity index (χ3v) is 5.85. The van der Waals surface area contributed by atoms with Gasteiger partial charge in [-0.1, -0.05) is 23.7 Å². The van der Waals surface area contributed by atoms with E-state index in [2.05, 4.69) is 15.4 Å². The van der Waals surface area contributed by atoms with E-state index < -0.39 is 54.7 Å². The number of hydrogen-bond donors (Lipinski definition) is 2. The Labute approximate surface area is 225 Å². The number of aromatic nitrogens is 4. The molecule has 4 aromatic rings. The second-order valence-electron chi connectivity index (χ2n) is 8.43. The van der Waals surface area contributed by atoms with Gasteiger partial charge in [-0.2, -0.15) is 26.3 Å². The lowest BCUT2D eigenvalue weighted by Gasteiger charge is -2.17. The first kappa shape index (κ1) is 28.9. The number of hydrogen-bond acceptors (Lipinski definition) is 6. The average molecular weight is 590 g/mol. The zero-order chi connectivity index (χ0) is 29.2. The molecule has 212 valence electrons. The third kappa shape index (κ3) is 6.54. The lowest BCUT2D eigenvalue weighted by Crippen LogP contribution is -2.39. The molecule has 0 bridgehead atoms. The fraction of sp³-hybridized carbons (Fsp3) is 0.250. The van der Waals surface area contributed by atoms with Crippen LogP contribution in [-0.2, 0) is 24.1 Å². The minimum Gasteiger partial charge on any atom is -0.446 e. The van der Waals surface area contributed by atoms with Crippen molar-refractivity contribution >= 4 is 17.5 Å². The number of benzene rings is 2. The Morgan fingerprint density at radius 3 is 2.40 bits per heavy atom. The number of oxazole rings is 1. The van der Waals surface area contributed by atoms with Gasteiger partial charge in [-0.3, -0.25) is 9.36 Å². The van der Waals surface area contributed by atoms with E-state index in [1.54, 1.807) is 0 Å². The molecule has 0 aliphatic rings. The summed E-state index contributed by atoms with van der Waals surface area (Å²) in [5.74, 6) is -1.41. The van der Waals surface area contributed by atoms with Gasteiger partial charge >= 0.3 is 18.0 Å². The van der Waals surface area contributed by atoms with Crippen LogP contribution in [0.3, 0.4) is 0 Å². The Bertz CT molecular complexity index is 1530. The van der Waals surface area contributed by atoms with Crippen molar-refractivity contribution in [1.29, 1.82) is 0 Å². The summed E-state index contributed by atoms with van der Waals surface area (Å²) in [5.41, 5.74) is -2.04. The molecule has 2 N–H and O–H groups in total. The van der Waals surface area contributed by atoms with Crippen LogP contribution in [0.2, 0.25) is 5.02 Å². The second-order valence-corrected chi connectivity index (χ2v) is 8.87. The highest BCUT2D eigenvalue weighted by Gasteiger charge is 2.39. The van der Waals surface area contributed by atoms with E-state index >= 15 is 0 Å². The van der Waals surface area contributed by atoms with Crippen LogP contribution < -0.4 is 11.0 Å². The van der Waals surface area contributed by atoms with Crippen LogP contribution in [0.1, 0.15) is 23.1 Å². The van der Waals surface area contributed by atoms with Crippen molar-refractivity contribution in [2.75, 3.05) is 0 Å². The van der Waals surface area contributed by atoms with E-state index in [-0.39, 0.29) is 22.8 Å². The van der Waals surface area contributed by atoms with Gasteiger partial charge in [0.25, 0.3) is 0 Å². The summed E-state index contributed by atoms with van der Waals surface area (Å²) < 4.78 is 85.2. The number of alkyl halides is 6. The van der Waals surface area contributed by atoms with E-state index in [0.29, 0.717) is 14.3 Å². The van der Waals surface area contributed by atoms with Gasteiger partial charge in [0, 0.05) is 10.6 Å². The lowest BCUT2D eigenvalue weighted by atomic mass is 10.0. The third-order valence-electron chi connectivity index (χ3n) is 5.60. The number of nitrogens with one attached hydrogen (secondary N) is 1. The maximum absolute atomic E-state index is 13.3. The number of aliphatic hydroxyl groups is 1. The van der Waals surface area contributed by atoms with Crippen LogP contribution in [0.15, 0.2) is 70.2 Å². The average Bonchev–Trinajstić information content (AvgIpc) is 3.51.